The van der Waals surface area contributed by atoms with E-state index in [-0.39, 0.29) is 6.17 Å². The van der Waals surface area contributed by atoms with Crippen LogP contribution in [0, 0.1) is 0 Å². The van der Waals surface area contributed by atoms with Crippen LogP contribution in [0.15, 0.2) is 182 Å². The van der Waals surface area contributed by atoms with Crippen molar-refractivity contribution in [3.8, 4) is 56.0 Å². The lowest BCUT2D eigenvalue weighted by Gasteiger charge is -2.27. The van der Waals surface area contributed by atoms with Gasteiger partial charge >= 0.3 is 0 Å². The lowest BCUT2D eigenvalue weighted by molar-refractivity contribution is 0.487. The van der Waals surface area contributed by atoms with Crippen LogP contribution in [0.5, 0.6) is 11.5 Å². The third kappa shape index (κ3) is 4.67. The molecular formula is C47H32N2O. The summed E-state index contributed by atoms with van der Waals surface area (Å²) in [4.78, 5) is 2.39. The molecule has 0 bridgehead atoms. The smallest absolute Gasteiger partial charge is 0.135 e. The van der Waals surface area contributed by atoms with Gasteiger partial charge in [-0.1, -0.05) is 146 Å². The molecule has 8 aromatic rings. The lowest BCUT2D eigenvalue weighted by Crippen LogP contribution is -2.23. The summed E-state index contributed by atoms with van der Waals surface area (Å²) in [6, 6.07) is 65.0. The van der Waals surface area contributed by atoms with Gasteiger partial charge in [-0.2, -0.15) is 0 Å². The number of para-hydroxylation sites is 2. The summed E-state index contributed by atoms with van der Waals surface area (Å²) in [7, 11) is 0. The molecule has 0 radical (unpaired) electrons. The van der Waals surface area contributed by atoms with Gasteiger partial charge in [0.2, 0.25) is 0 Å². The maximum Gasteiger partial charge on any atom is 0.135 e. The Hall–Kier alpha value is -6.58. The van der Waals surface area contributed by atoms with Crippen LogP contribution >= 0.6 is 0 Å². The normalized spacial score (nSPS) is 14.1. The van der Waals surface area contributed by atoms with Gasteiger partial charge in [0, 0.05) is 16.6 Å². The fourth-order valence-electron chi connectivity index (χ4n) is 7.67. The Labute approximate surface area is 291 Å². The highest BCUT2D eigenvalue weighted by atomic mass is 16.5. The number of rotatable bonds is 5. The number of nitrogens with zero attached hydrogens (tertiary/aromatic N) is 1. The molecule has 1 atom stereocenters. The predicted octanol–water partition coefficient (Wildman–Crippen LogP) is 12.9. The third-order valence-electron chi connectivity index (χ3n) is 10.1. The zero-order chi connectivity index (χ0) is 33.0. The molecule has 2 aliphatic rings. The summed E-state index contributed by atoms with van der Waals surface area (Å²) in [5, 5.41) is 6.19. The largest absolute Gasteiger partial charge is 0.456 e. The fraction of sp³-hybridized carbons (Fsp3) is 0.0213. The molecule has 8 aromatic carbocycles. The standard InChI is InChI=1S/C47H32N2O/c1-3-10-35(11-4-1)47-48-42-30-36(26-28-43(42)49(47)37-12-5-2-6-13-37)33-20-18-31(19-21-33)32-22-24-34(25-23-32)38-27-29-45-46-40(38)15-9-16-41(46)39-14-7-8-17-44(39)50-45/h1-30,47-48H. The van der Waals surface area contributed by atoms with Crippen LogP contribution < -0.4 is 15.0 Å². The molecule has 1 unspecified atom stereocenters. The number of anilines is 3. The molecular weight excluding hydrogens is 609 g/mol. The van der Waals surface area contributed by atoms with E-state index in [0.29, 0.717) is 0 Å². The van der Waals surface area contributed by atoms with Gasteiger partial charge < -0.3 is 15.0 Å². The topological polar surface area (TPSA) is 24.5 Å². The van der Waals surface area contributed by atoms with Crippen molar-refractivity contribution in [1.82, 2.24) is 0 Å². The Balaban J connectivity index is 0.935. The molecule has 1 N–H and O–H groups in total. The second-order valence-corrected chi connectivity index (χ2v) is 13.0. The van der Waals surface area contributed by atoms with Crippen molar-refractivity contribution in [1.29, 1.82) is 0 Å². The lowest BCUT2D eigenvalue weighted by atomic mass is 9.90. The molecule has 0 fully saturated rings. The first-order chi connectivity index (χ1) is 24.8. The first-order valence-electron chi connectivity index (χ1n) is 17.1. The van der Waals surface area contributed by atoms with E-state index in [4.69, 9.17) is 4.74 Å². The number of fused-ring (bicyclic) bond motifs is 3. The van der Waals surface area contributed by atoms with Gasteiger partial charge in [0.25, 0.3) is 0 Å². The summed E-state index contributed by atoms with van der Waals surface area (Å²) in [5.41, 5.74) is 14.2. The highest BCUT2D eigenvalue weighted by Crippen LogP contribution is 2.49. The van der Waals surface area contributed by atoms with Crippen LogP contribution in [0.3, 0.4) is 0 Å². The van der Waals surface area contributed by atoms with Gasteiger partial charge in [-0.3, -0.25) is 0 Å². The van der Waals surface area contributed by atoms with Crippen molar-refractivity contribution in [3.63, 3.8) is 0 Å². The second kappa shape index (κ2) is 11.5. The molecule has 0 aliphatic carbocycles. The van der Waals surface area contributed by atoms with Crippen LogP contribution in [0.25, 0.3) is 55.3 Å². The highest BCUT2D eigenvalue weighted by molar-refractivity contribution is 6.09. The Morgan fingerprint density at radius 3 is 1.82 bits per heavy atom. The van der Waals surface area contributed by atoms with Gasteiger partial charge in [0.15, 0.2) is 0 Å². The molecule has 0 saturated heterocycles. The number of benzene rings is 8. The van der Waals surface area contributed by atoms with Crippen molar-refractivity contribution < 1.29 is 4.74 Å². The predicted molar refractivity (Wildman–Crippen MR) is 207 cm³/mol. The van der Waals surface area contributed by atoms with Gasteiger partial charge in [0.05, 0.1) is 11.4 Å². The van der Waals surface area contributed by atoms with Crippen LogP contribution in [0.2, 0.25) is 0 Å². The maximum absolute atomic E-state index is 6.32. The summed E-state index contributed by atoms with van der Waals surface area (Å²) >= 11 is 0. The average molecular weight is 641 g/mol. The summed E-state index contributed by atoms with van der Waals surface area (Å²) < 4.78 is 6.32. The third-order valence-corrected chi connectivity index (χ3v) is 10.1. The van der Waals surface area contributed by atoms with E-state index in [1.54, 1.807) is 0 Å². The average Bonchev–Trinajstić information content (AvgIpc) is 3.58. The molecule has 2 aliphatic heterocycles. The Kier molecular flexibility index (Phi) is 6.56. The molecule has 0 saturated carbocycles. The van der Waals surface area contributed by atoms with Crippen molar-refractivity contribution >= 4 is 27.8 Å². The first-order valence-corrected chi connectivity index (χ1v) is 17.1. The zero-order valence-electron chi connectivity index (χ0n) is 27.3. The summed E-state index contributed by atoms with van der Waals surface area (Å²) in [5.74, 6) is 1.83. The molecule has 10 rings (SSSR count). The van der Waals surface area contributed by atoms with Crippen LogP contribution in [-0.4, -0.2) is 0 Å². The van der Waals surface area contributed by atoms with Crippen LogP contribution in [0.1, 0.15) is 11.7 Å². The van der Waals surface area contributed by atoms with E-state index in [0.717, 1.165) is 22.7 Å². The Bertz CT molecular complexity index is 2520. The van der Waals surface area contributed by atoms with Crippen molar-refractivity contribution in [3.05, 3.63) is 188 Å². The molecule has 3 heteroatoms. The quantitative estimate of drug-likeness (QED) is 0.203. The van der Waals surface area contributed by atoms with Crippen LogP contribution in [0.4, 0.5) is 17.1 Å². The monoisotopic (exact) mass is 640 g/mol. The number of ether oxygens (including phenoxy) is 1. The minimum Gasteiger partial charge on any atom is -0.456 e. The number of nitrogens with one attached hydrogen (secondary N) is 1. The maximum atomic E-state index is 6.32. The SMILES string of the molecule is c1ccc(C2Nc3cc(-c4ccc(-c5ccc(-c6ccc7c8c(cccc68)-c6ccccc6O7)cc5)cc4)ccc3N2c2ccccc2)cc1. The van der Waals surface area contributed by atoms with E-state index in [2.05, 4.69) is 180 Å². The molecule has 0 spiro atoms. The van der Waals surface area contributed by atoms with E-state index in [1.165, 1.54) is 66.7 Å². The second-order valence-electron chi connectivity index (χ2n) is 13.0. The summed E-state index contributed by atoms with van der Waals surface area (Å²) in [6.45, 7) is 0. The number of hydrogen-bond donors (Lipinski definition) is 1. The Morgan fingerprint density at radius 2 is 1.06 bits per heavy atom. The zero-order valence-corrected chi connectivity index (χ0v) is 27.3. The van der Waals surface area contributed by atoms with E-state index < -0.39 is 0 Å². The molecule has 0 aromatic heterocycles. The minimum absolute atomic E-state index is 0.0222. The van der Waals surface area contributed by atoms with Crippen molar-refractivity contribution in [2.75, 3.05) is 10.2 Å². The fourth-order valence-corrected chi connectivity index (χ4v) is 7.67. The minimum atomic E-state index is 0.0222. The molecule has 2 heterocycles. The van der Waals surface area contributed by atoms with E-state index in [1.807, 2.05) is 12.1 Å². The molecule has 50 heavy (non-hydrogen) atoms. The van der Waals surface area contributed by atoms with Crippen LogP contribution in [-0.2, 0) is 0 Å². The van der Waals surface area contributed by atoms with Crippen molar-refractivity contribution in [2.45, 2.75) is 6.17 Å². The van der Waals surface area contributed by atoms with E-state index >= 15 is 0 Å². The first kappa shape index (κ1) is 28.4. The van der Waals surface area contributed by atoms with Gasteiger partial charge in [-0.25, -0.2) is 0 Å². The summed E-state index contributed by atoms with van der Waals surface area (Å²) in [6.07, 6.45) is 0.0222. The van der Waals surface area contributed by atoms with E-state index in [9.17, 15) is 0 Å². The van der Waals surface area contributed by atoms with Crippen molar-refractivity contribution in [2.24, 2.45) is 0 Å². The molecule has 0 amide bonds. The Morgan fingerprint density at radius 1 is 0.440 bits per heavy atom. The highest BCUT2D eigenvalue weighted by Gasteiger charge is 2.31. The van der Waals surface area contributed by atoms with Gasteiger partial charge in [0.1, 0.15) is 17.7 Å². The number of hydrogen-bond acceptors (Lipinski definition) is 3. The van der Waals surface area contributed by atoms with Gasteiger partial charge in [-0.05, 0) is 86.3 Å². The molecule has 236 valence electrons. The molecule has 3 nitrogen and oxygen atoms in total. The van der Waals surface area contributed by atoms with Gasteiger partial charge in [-0.15, -0.1) is 0 Å².